The van der Waals surface area contributed by atoms with Gasteiger partial charge in [-0.25, -0.2) is 4.39 Å². The number of rotatable bonds is 5. The summed E-state index contributed by atoms with van der Waals surface area (Å²) in [5, 5.41) is 1.08. The van der Waals surface area contributed by atoms with Gasteiger partial charge in [0.2, 0.25) is 0 Å². The minimum absolute atomic E-state index is 0.119. The average molecular weight is 286 g/mol. The molecule has 0 bridgehead atoms. The summed E-state index contributed by atoms with van der Waals surface area (Å²) >= 11 is 3.44. The van der Waals surface area contributed by atoms with E-state index in [-0.39, 0.29) is 5.82 Å². The van der Waals surface area contributed by atoms with Gasteiger partial charge in [-0.1, -0.05) is 28.4 Å². The van der Waals surface area contributed by atoms with E-state index in [4.69, 9.17) is 0 Å². The van der Waals surface area contributed by atoms with Crippen LogP contribution in [-0.4, -0.2) is 18.4 Å². The van der Waals surface area contributed by atoms with Crippen LogP contribution in [0.3, 0.4) is 0 Å². The first kappa shape index (κ1) is 11.9. The van der Waals surface area contributed by atoms with E-state index in [9.17, 15) is 4.39 Å². The number of nitrogens with zero attached hydrogens (tertiary/aromatic N) is 1. The zero-order valence-corrected chi connectivity index (χ0v) is 11.0. The van der Waals surface area contributed by atoms with Crippen LogP contribution < -0.4 is 4.90 Å². The highest BCUT2D eigenvalue weighted by Crippen LogP contribution is 2.28. The summed E-state index contributed by atoms with van der Waals surface area (Å²) in [5.74, 6) is -0.119. The number of anilines is 1. The maximum Gasteiger partial charge on any atom is 0.125 e. The number of hydrogen-bond acceptors (Lipinski definition) is 1. The van der Waals surface area contributed by atoms with Crippen LogP contribution >= 0.6 is 15.9 Å². The summed E-state index contributed by atoms with van der Waals surface area (Å²) in [6.07, 6.45) is 4.73. The maximum atomic E-state index is 13.1. The summed E-state index contributed by atoms with van der Waals surface area (Å²) in [6.45, 7) is 2.11. The fourth-order valence-corrected chi connectivity index (χ4v) is 2.62. The van der Waals surface area contributed by atoms with Crippen LogP contribution in [-0.2, 0) is 6.42 Å². The summed E-state index contributed by atoms with van der Waals surface area (Å²) in [5.41, 5.74) is 2.40. The third-order valence-corrected chi connectivity index (χ3v) is 3.66. The van der Waals surface area contributed by atoms with E-state index in [2.05, 4.69) is 20.8 Å². The third-order valence-electron chi connectivity index (χ3n) is 3.10. The molecule has 1 aromatic carbocycles. The number of hydrogen-bond donors (Lipinski definition) is 0. The van der Waals surface area contributed by atoms with Crippen LogP contribution in [0, 0.1) is 5.82 Å². The van der Waals surface area contributed by atoms with E-state index < -0.39 is 0 Å². The van der Waals surface area contributed by atoms with Gasteiger partial charge in [-0.15, -0.1) is 0 Å². The van der Waals surface area contributed by atoms with Gasteiger partial charge in [-0.05, 0) is 37.0 Å². The Hall–Kier alpha value is -0.570. The minimum Gasteiger partial charge on any atom is -0.371 e. The van der Waals surface area contributed by atoms with Gasteiger partial charge in [0, 0.05) is 24.1 Å². The molecule has 0 saturated carbocycles. The quantitative estimate of drug-likeness (QED) is 0.588. The van der Waals surface area contributed by atoms with E-state index in [1.165, 1.54) is 24.8 Å². The first-order valence-corrected chi connectivity index (χ1v) is 7.03. The topological polar surface area (TPSA) is 3.24 Å². The highest BCUT2D eigenvalue weighted by Gasteiger charge is 2.18. The lowest BCUT2D eigenvalue weighted by Crippen LogP contribution is -2.21. The number of benzene rings is 1. The maximum absolute atomic E-state index is 13.1. The first-order valence-electron chi connectivity index (χ1n) is 5.90. The molecule has 0 atom stereocenters. The summed E-state index contributed by atoms with van der Waals surface area (Å²) in [7, 11) is 0. The molecule has 16 heavy (non-hydrogen) atoms. The van der Waals surface area contributed by atoms with Crippen LogP contribution in [0.15, 0.2) is 18.2 Å². The molecule has 1 heterocycles. The first-order chi connectivity index (χ1) is 7.81. The molecule has 2 rings (SSSR count). The smallest absolute Gasteiger partial charge is 0.125 e. The monoisotopic (exact) mass is 285 g/mol. The van der Waals surface area contributed by atoms with Gasteiger partial charge in [0.05, 0.1) is 0 Å². The van der Waals surface area contributed by atoms with Crippen molar-refractivity contribution in [3.8, 4) is 0 Å². The second-order valence-corrected chi connectivity index (χ2v) is 5.05. The van der Waals surface area contributed by atoms with Gasteiger partial charge in [0.1, 0.15) is 5.82 Å². The number of halogens is 2. The largest absolute Gasteiger partial charge is 0.371 e. The molecule has 1 nitrogen and oxygen atoms in total. The Morgan fingerprint density at radius 3 is 2.94 bits per heavy atom. The zero-order chi connectivity index (χ0) is 11.4. The van der Waals surface area contributed by atoms with Crippen molar-refractivity contribution in [2.75, 3.05) is 23.3 Å². The van der Waals surface area contributed by atoms with Crippen LogP contribution in [0.25, 0.3) is 0 Å². The van der Waals surface area contributed by atoms with Crippen molar-refractivity contribution < 1.29 is 4.39 Å². The van der Waals surface area contributed by atoms with Crippen LogP contribution in [0.4, 0.5) is 10.1 Å². The molecular formula is C13H17BrFN. The van der Waals surface area contributed by atoms with Crippen molar-refractivity contribution >= 4 is 21.6 Å². The Kier molecular flexibility index (Phi) is 4.22. The molecule has 88 valence electrons. The Morgan fingerprint density at radius 1 is 1.25 bits per heavy atom. The van der Waals surface area contributed by atoms with Crippen molar-refractivity contribution in [1.29, 1.82) is 0 Å². The molecule has 0 amide bonds. The van der Waals surface area contributed by atoms with E-state index >= 15 is 0 Å². The summed E-state index contributed by atoms with van der Waals surface area (Å²) in [6, 6.07) is 5.16. The molecule has 3 heteroatoms. The van der Waals surface area contributed by atoms with E-state index in [0.717, 1.165) is 30.5 Å². The predicted octanol–water partition coefficient (Wildman–Crippen LogP) is 3.75. The second kappa shape index (κ2) is 5.67. The van der Waals surface area contributed by atoms with Gasteiger partial charge in [-0.3, -0.25) is 0 Å². The molecule has 0 spiro atoms. The van der Waals surface area contributed by atoms with Crippen molar-refractivity contribution in [2.45, 2.75) is 25.7 Å². The molecular weight excluding hydrogens is 269 g/mol. The minimum atomic E-state index is -0.119. The number of fused-ring (bicyclic) bond motifs is 1. The van der Waals surface area contributed by atoms with E-state index in [0.29, 0.717) is 0 Å². The Morgan fingerprint density at radius 2 is 2.12 bits per heavy atom. The van der Waals surface area contributed by atoms with Gasteiger partial charge in [0.25, 0.3) is 0 Å². The lowest BCUT2D eigenvalue weighted by Gasteiger charge is -2.19. The second-order valence-electron chi connectivity index (χ2n) is 4.26. The molecule has 0 aromatic heterocycles. The Balaban J connectivity index is 1.92. The normalized spacial score (nSPS) is 14.2. The summed E-state index contributed by atoms with van der Waals surface area (Å²) < 4.78 is 13.1. The molecule has 0 radical (unpaired) electrons. The Labute approximate surface area is 105 Å². The lowest BCUT2D eigenvalue weighted by molar-refractivity contribution is 0.626. The molecule has 0 aliphatic carbocycles. The zero-order valence-electron chi connectivity index (χ0n) is 9.38. The molecule has 1 aliphatic heterocycles. The van der Waals surface area contributed by atoms with E-state index in [1.54, 1.807) is 12.1 Å². The van der Waals surface area contributed by atoms with Crippen molar-refractivity contribution in [2.24, 2.45) is 0 Å². The molecule has 0 saturated heterocycles. The number of alkyl halides is 1. The van der Waals surface area contributed by atoms with Crippen molar-refractivity contribution in [1.82, 2.24) is 0 Å². The third kappa shape index (κ3) is 2.76. The van der Waals surface area contributed by atoms with Crippen LogP contribution in [0.1, 0.15) is 24.8 Å². The van der Waals surface area contributed by atoms with Crippen molar-refractivity contribution in [3.05, 3.63) is 29.6 Å². The fraction of sp³-hybridized carbons (Fsp3) is 0.538. The molecule has 0 unspecified atom stereocenters. The molecule has 1 aliphatic rings. The average Bonchev–Trinajstić information content (AvgIpc) is 2.67. The molecule has 0 fully saturated rings. The van der Waals surface area contributed by atoms with Crippen LogP contribution in [0.2, 0.25) is 0 Å². The standard InChI is InChI=1S/C13H17BrFN/c14-7-2-1-3-8-16-9-6-11-4-5-12(15)10-13(11)16/h4-5,10H,1-3,6-9H2. The lowest BCUT2D eigenvalue weighted by atomic mass is 10.1. The fourth-order valence-electron chi connectivity index (χ4n) is 2.22. The SMILES string of the molecule is Fc1ccc2c(c1)N(CCCCCBr)CC2. The highest BCUT2D eigenvalue weighted by atomic mass is 79.9. The number of unbranched alkanes of at least 4 members (excludes halogenated alkanes) is 2. The Bertz CT molecular complexity index is 354. The van der Waals surface area contributed by atoms with Crippen molar-refractivity contribution in [3.63, 3.8) is 0 Å². The molecule has 0 N–H and O–H groups in total. The highest BCUT2D eigenvalue weighted by molar-refractivity contribution is 9.09. The van der Waals surface area contributed by atoms with E-state index in [1.807, 2.05) is 6.07 Å². The summed E-state index contributed by atoms with van der Waals surface area (Å²) in [4.78, 5) is 2.31. The van der Waals surface area contributed by atoms with Gasteiger partial charge in [0.15, 0.2) is 0 Å². The van der Waals surface area contributed by atoms with Gasteiger partial charge >= 0.3 is 0 Å². The predicted molar refractivity (Wildman–Crippen MR) is 70.0 cm³/mol. The van der Waals surface area contributed by atoms with Gasteiger partial charge < -0.3 is 4.90 Å². The van der Waals surface area contributed by atoms with Crippen LogP contribution in [0.5, 0.6) is 0 Å². The van der Waals surface area contributed by atoms with Gasteiger partial charge in [-0.2, -0.15) is 0 Å². The molecule has 1 aromatic rings.